The number of hydrogen-bond donors (Lipinski definition) is 0. The van der Waals surface area contributed by atoms with E-state index in [1.165, 1.54) is 64.2 Å². The van der Waals surface area contributed by atoms with Crippen molar-refractivity contribution >= 4 is 5.97 Å². The number of unbranched alkanes of at least 4 members (excludes halogenated alkanes) is 10. The van der Waals surface area contributed by atoms with E-state index in [1.54, 1.807) is 0 Å². The summed E-state index contributed by atoms with van der Waals surface area (Å²) in [5.74, 6) is -0.940. The lowest BCUT2D eigenvalue weighted by molar-refractivity contribution is -0.305. The van der Waals surface area contributed by atoms with Gasteiger partial charge in [-0.15, -0.1) is 0 Å². The minimum Gasteiger partial charge on any atom is -0.550 e. The molecule has 0 aliphatic rings. The van der Waals surface area contributed by atoms with Gasteiger partial charge in [0.15, 0.2) is 0 Å². The van der Waals surface area contributed by atoms with Crippen LogP contribution in [0.15, 0.2) is 24.3 Å². The first-order valence-electron chi connectivity index (χ1n) is 9.27. The van der Waals surface area contributed by atoms with Crippen LogP contribution in [-0.2, 0) is 4.79 Å². The molecule has 0 saturated heterocycles. The monoisotopic (exact) mass is 307 g/mol. The van der Waals surface area contributed by atoms with Gasteiger partial charge >= 0.3 is 0 Å². The second-order valence-electron chi connectivity index (χ2n) is 6.05. The minimum atomic E-state index is -0.940. The number of hydrogen-bond acceptors (Lipinski definition) is 2. The molecule has 2 nitrogen and oxygen atoms in total. The maximum atomic E-state index is 10.2. The zero-order valence-corrected chi connectivity index (χ0v) is 14.5. The van der Waals surface area contributed by atoms with Crippen LogP contribution < -0.4 is 5.11 Å². The Morgan fingerprint density at radius 1 is 0.682 bits per heavy atom. The molecular formula is C20H35O2-. The van der Waals surface area contributed by atoms with Crippen LogP contribution in [0.1, 0.15) is 96.8 Å². The van der Waals surface area contributed by atoms with Crippen molar-refractivity contribution in [3.05, 3.63) is 24.3 Å². The second-order valence-corrected chi connectivity index (χ2v) is 6.05. The second kappa shape index (κ2) is 18.0. The maximum Gasteiger partial charge on any atom is 0.0414 e. The Bertz CT molecular complexity index is 292. The number of rotatable bonds is 16. The summed E-state index contributed by atoms with van der Waals surface area (Å²) < 4.78 is 0. The SMILES string of the molecule is CCCC/C=C/CCCCCCCC/C=C/CCCC(=O)[O-]. The van der Waals surface area contributed by atoms with Crippen LogP contribution in [0.3, 0.4) is 0 Å². The van der Waals surface area contributed by atoms with Gasteiger partial charge in [-0.2, -0.15) is 0 Å². The van der Waals surface area contributed by atoms with Gasteiger partial charge in [0.25, 0.3) is 0 Å². The Morgan fingerprint density at radius 3 is 1.55 bits per heavy atom. The summed E-state index contributed by atoms with van der Waals surface area (Å²) in [6, 6.07) is 0. The van der Waals surface area contributed by atoms with Crippen LogP contribution in [0.25, 0.3) is 0 Å². The normalized spacial score (nSPS) is 11.7. The van der Waals surface area contributed by atoms with Gasteiger partial charge in [0.2, 0.25) is 0 Å². The Kier molecular flexibility index (Phi) is 17.1. The molecule has 0 aromatic rings. The molecule has 0 aromatic carbocycles. The van der Waals surface area contributed by atoms with Gasteiger partial charge in [0.1, 0.15) is 0 Å². The predicted octanol–water partition coefficient (Wildman–Crippen LogP) is 5.33. The van der Waals surface area contributed by atoms with Crippen molar-refractivity contribution in [2.75, 3.05) is 0 Å². The lowest BCUT2D eigenvalue weighted by atomic mass is 10.1. The van der Waals surface area contributed by atoms with E-state index in [9.17, 15) is 9.90 Å². The molecule has 128 valence electrons. The third kappa shape index (κ3) is 18.9. The zero-order valence-electron chi connectivity index (χ0n) is 14.5. The molecule has 0 N–H and O–H groups in total. The van der Waals surface area contributed by atoms with Crippen LogP contribution in [0.5, 0.6) is 0 Å². The first kappa shape index (κ1) is 20.9. The first-order chi connectivity index (χ1) is 10.8. The van der Waals surface area contributed by atoms with E-state index < -0.39 is 5.97 Å². The van der Waals surface area contributed by atoms with Crippen molar-refractivity contribution in [2.45, 2.75) is 96.8 Å². The molecule has 0 radical (unpaired) electrons. The Balaban J connectivity index is 3.12. The average Bonchev–Trinajstić information content (AvgIpc) is 2.50. The van der Waals surface area contributed by atoms with Gasteiger partial charge in [-0.25, -0.2) is 0 Å². The van der Waals surface area contributed by atoms with E-state index in [-0.39, 0.29) is 6.42 Å². The molecular weight excluding hydrogens is 272 g/mol. The molecule has 2 heteroatoms. The smallest absolute Gasteiger partial charge is 0.0414 e. The molecule has 0 saturated carbocycles. The van der Waals surface area contributed by atoms with Crippen molar-refractivity contribution in [3.8, 4) is 0 Å². The molecule has 0 rings (SSSR count). The van der Waals surface area contributed by atoms with E-state index >= 15 is 0 Å². The summed E-state index contributed by atoms with van der Waals surface area (Å²) in [5, 5.41) is 10.2. The Morgan fingerprint density at radius 2 is 1.09 bits per heavy atom. The number of allylic oxidation sites excluding steroid dienone is 4. The molecule has 0 unspecified atom stereocenters. The molecule has 0 bridgehead atoms. The van der Waals surface area contributed by atoms with E-state index in [1.807, 2.05) is 0 Å². The van der Waals surface area contributed by atoms with E-state index in [4.69, 9.17) is 0 Å². The van der Waals surface area contributed by atoms with E-state index in [2.05, 4.69) is 31.2 Å². The predicted molar refractivity (Wildman–Crippen MR) is 93.6 cm³/mol. The van der Waals surface area contributed by atoms with Gasteiger partial charge in [0, 0.05) is 5.97 Å². The quantitative estimate of drug-likeness (QED) is 0.285. The molecule has 0 amide bonds. The summed E-state index contributed by atoms with van der Waals surface area (Å²) >= 11 is 0. The van der Waals surface area contributed by atoms with Crippen LogP contribution in [0, 0.1) is 0 Å². The highest BCUT2D eigenvalue weighted by Crippen LogP contribution is 2.10. The van der Waals surface area contributed by atoms with Crippen LogP contribution >= 0.6 is 0 Å². The number of carboxylic acids is 1. The fourth-order valence-electron chi connectivity index (χ4n) is 2.39. The Hall–Kier alpha value is -1.05. The van der Waals surface area contributed by atoms with Crippen molar-refractivity contribution in [3.63, 3.8) is 0 Å². The summed E-state index contributed by atoms with van der Waals surface area (Å²) in [4.78, 5) is 10.2. The fraction of sp³-hybridized carbons (Fsp3) is 0.750. The topological polar surface area (TPSA) is 40.1 Å². The highest BCUT2D eigenvalue weighted by atomic mass is 16.4. The maximum absolute atomic E-state index is 10.2. The summed E-state index contributed by atoms with van der Waals surface area (Å²) in [5.41, 5.74) is 0. The van der Waals surface area contributed by atoms with Crippen molar-refractivity contribution in [1.82, 2.24) is 0 Å². The fourth-order valence-corrected chi connectivity index (χ4v) is 2.39. The number of aliphatic carboxylic acids is 1. The number of carbonyl (C=O) groups excluding carboxylic acids is 1. The largest absolute Gasteiger partial charge is 0.550 e. The third-order valence-corrected chi connectivity index (χ3v) is 3.80. The molecule has 22 heavy (non-hydrogen) atoms. The van der Waals surface area contributed by atoms with Crippen molar-refractivity contribution in [2.24, 2.45) is 0 Å². The number of carboxylic acid groups (broad SMARTS) is 1. The van der Waals surface area contributed by atoms with Gasteiger partial charge in [-0.1, -0.05) is 69.8 Å². The molecule has 0 aliphatic heterocycles. The highest BCUT2D eigenvalue weighted by Gasteiger charge is 1.90. The van der Waals surface area contributed by atoms with Crippen LogP contribution in [0.2, 0.25) is 0 Å². The highest BCUT2D eigenvalue weighted by molar-refractivity contribution is 5.64. The molecule has 0 atom stereocenters. The molecule has 0 aromatic heterocycles. The minimum absolute atomic E-state index is 0.179. The van der Waals surface area contributed by atoms with Gasteiger partial charge in [-0.05, 0) is 51.4 Å². The van der Waals surface area contributed by atoms with Gasteiger partial charge in [0.05, 0.1) is 0 Å². The molecule has 0 fully saturated rings. The number of carbonyl (C=O) groups is 1. The summed E-state index contributed by atoms with van der Waals surface area (Å²) in [6.07, 6.45) is 24.9. The molecule has 0 heterocycles. The molecule has 0 aliphatic carbocycles. The average molecular weight is 307 g/mol. The van der Waals surface area contributed by atoms with Gasteiger partial charge in [-0.3, -0.25) is 0 Å². The summed E-state index contributed by atoms with van der Waals surface area (Å²) in [6.45, 7) is 2.24. The van der Waals surface area contributed by atoms with Crippen molar-refractivity contribution in [1.29, 1.82) is 0 Å². The lowest BCUT2D eigenvalue weighted by Gasteiger charge is -2.00. The third-order valence-electron chi connectivity index (χ3n) is 3.80. The van der Waals surface area contributed by atoms with Gasteiger partial charge < -0.3 is 9.90 Å². The van der Waals surface area contributed by atoms with Crippen molar-refractivity contribution < 1.29 is 9.90 Å². The lowest BCUT2D eigenvalue weighted by Crippen LogP contribution is -2.21. The standard InChI is InChI=1S/C20H36O2/c1-2-3-4-5-6-7-8-9-10-11-12-13-14-15-16-17-18-19-20(21)22/h5-6,15-16H,2-4,7-14,17-19H2,1H3,(H,21,22)/p-1/b6-5+,16-15+. The van der Waals surface area contributed by atoms with Crippen LogP contribution in [-0.4, -0.2) is 5.97 Å². The van der Waals surface area contributed by atoms with E-state index in [0.717, 1.165) is 12.8 Å². The first-order valence-corrected chi connectivity index (χ1v) is 9.27. The van der Waals surface area contributed by atoms with Crippen LogP contribution in [0.4, 0.5) is 0 Å². The molecule has 0 spiro atoms. The summed E-state index contributed by atoms with van der Waals surface area (Å²) in [7, 11) is 0. The Labute approximate surface area is 137 Å². The zero-order chi connectivity index (χ0) is 16.3. The van der Waals surface area contributed by atoms with E-state index in [0.29, 0.717) is 6.42 Å².